The van der Waals surface area contributed by atoms with E-state index in [9.17, 15) is 4.79 Å². The summed E-state index contributed by atoms with van der Waals surface area (Å²) < 4.78 is 6.51. The number of ether oxygens (including phenoxy) is 1. The molecule has 0 saturated heterocycles. The summed E-state index contributed by atoms with van der Waals surface area (Å²) in [6.45, 7) is 1.70. The molecule has 88 valence electrons. The molecule has 0 saturated carbocycles. The Hall–Kier alpha value is -2.37. The maximum Gasteiger partial charge on any atom is 0.375 e. The molecule has 6 heteroatoms. The number of nitrogens with zero attached hydrogens (tertiary/aromatic N) is 3. The third-order valence-electron chi connectivity index (χ3n) is 2.28. The molecule has 0 bridgehead atoms. The Bertz CT molecular complexity index is 546. The van der Waals surface area contributed by atoms with E-state index in [1.807, 2.05) is 0 Å². The first-order valence-electron chi connectivity index (χ1n) is 4.93. The number of rotatable bonds is 3. The van der Waals surface area contributed by atoms with Crippen LogP contribution >= 0.6 is 0 Å². The van der Waals surface area contributed by atoms with E-state index in [0.717, 1.165) is 11.4 Å². The molecule has 1 heterocycles. The van der Waals surface area contributed by atoms with E-state index in [4.69, 9.17) is 9.84 Å². The fourth-order valence-corrected chi connectivity index (χ4v) is 1.45. The number of aryl methyl sites for hydroxylation is 1. The van der Waals surface area contributed by atoms with Gasteiger partial charge in [0.2, 0.25) is 0 Å². The average molecular weight is 233 g/mol. The van der Waals surface area contributed by atoms with Gasteiger partial charge in [-0.1, -0.05) is 0 Å². The monoisotopic (exact) mass is 233 g/mol. The van der Waals surface area contributed by atoms with Crippen molar-refractivity contribution in [3.63, 3.8) is 0 Å². The minimum Gasteiger partial charge on any atom is -0.497 e. The van der Waals surface area contributed by atoms with Crippen LogP contribution in [0.2, 0.25) is 0 Å². The third-order valence-corrected chi connectivity index (χ3v) is 2.28. The van der Waals surface area contributed by atoms with Gasteiger partial charge in [0.15, 0.2) is 0 Å². The first-order chi connectivity index (χ1) is 8.11. The molecule has 17 heavy (non-hydrogen) atoms. The summed E-state index contributed by atoms with van der Waals surface area (Å²) in [4.78, 5) is 14.6. The zero-order chi connectivity index (χ0) is 12.4. The predicted molar refractivity (Wildman–Crippen MR) is 59.6 cm³/mol. The van der Waals surface area contributed by atoms with Crippen molar-refractivity contribution in [2.75, 3.05) is 7.11 Å². The van der Waals surface area contributed by atoms with Crippen LogP contribution in [-0.2, 0) is 0 Å². The molecule has 2 aromatic rings. The lowest BCUT2D eigenvalue weighted by atomic mass is 10.3. The highest BCUT2D eigenvalue weighted by Crippen LogP contribution is 2.15. The Balaban J connectivity index is 2.41. The number of carbonyl (C=O) groups is 1. The molecular formula is C11H11N3O3. The summed E-state index contributed by atoms with van der Waals surface area (Å²) in [7, 11) is 1.58. The highest BCUT2D eigenvalue weighted by Gasteiger charge is 2.13. The number of carboxylic acids is 1. The van der Waals surface area contributed by atoms with E-state index in [1.54, 1.807) is 38.3 Å². The first-order valence-corrected chi connectivity index (χ1v) is 4.93. The van der Waals surface area contributed by atoms with E-state index >= 15 is 0 Å². The Morgan fingerprint density at radius 3 is 2.47 bits per heavy atom. The van der Waals surface area contributed by atoms with Crippen molar-refractivity contribution < 1.29 is 14.6 Å². The van der Waals surface area contributed by atoms with Crippen LogP contribution in [0, 0.1) is 6.92 Å². The van der Waals surface area contributed by atoms with Crippen molar-refractivity contribution in [3.05, 3.63) is 35.9 Å². The summed E-state index contributed by atoms with van der Waals surface area (Å²) in [5.41, 5.74) is 0.739. The Morgan fingerprint density at radius 1 is 1.35 bits per heavy atom. The van der Waals surface area contributed by atoms with Gasteiger partial charge in [-0.15, -0.1) is 5.10 Å². The highest BCUT2D eigenvalue weighted by molar-refractivity contribution is 5.83. The van der Waals surface area contributed by atoms with Crippen LogP contribution in [0.25, 0.3) is 5.69 Å². The van der Waals surface area contributed by atoms with Crippen LogP contribution in [0.5, 0.6) is 5.75 Å². The fourth-order valence-electron chi connectivity index (χ4n) is 1.45. The van der Waals surface area contributed by atoms with Crippen LogP contribution in [-0.4, -0.2) is 33.0 Å². The number of carboxylic acid groups (broad SMARTS) is 1. The maximum absolute atomic E-state index is 10.7. The lowest BCUT2D eigenvalue weighted by Crippen LogP contribution is -2.02. The SMILES string of the molecule is COc1ccc(-n2nc(C(=O)O)nc2C)cc1. The van der Waals surface area contributed by atoms with Gasteiger partial charge >= 0.3 is 5.97 Å². The topological polar surface area (TPSA) is 77.2 Å². The molecule has 0 spiro atoms. The molecule has 1 N–H and O–H groups in total. The minimum atomic E-state index is -1.14. The summed E-state index contributed by atoms with van der Waals surface area (Å²) in [5, 5.41) is 12.7. The number of aromatic nitrogens is 3. The molecular weight excluding hydrogens is 222 g/mol. The maximum atomic E-state index is 10.7. The molecule has 1 aromatic heterocycles. The smallest absolute Gasteiger partial charge is 0.375 e. The van der Waals surface area contributed by atoms with Gasteiger partial charge in [-0.2, -0.15) is 0 Å². The zero-order valence-electron chi connectivity index (χ0n) is 9.41. The van der Waals surface area contributed by atoms with E-state index in [0.29, 0.717) is 5.82 Å². The lowest BCUT2D eigenvalue weighted by Gasteiger charge is -2.04. The largest absolute Gasteiger partial charge is 0.497 e. The normalized spacial score (nSPS) is 10.2. The van der Waals surface area contributed by atoms with Crippen molar-refractivity contribution in [3.8, 4) is 11.4 Å². The van der Waals surface area contributed by atoms with Gasteiger partial charge < -0.3 is 9.84 Å². The fraction of sp³-hybridized carbons (Fsp3) is 0.182. The van der Waals surface area contributed by atoms with Crippen molar-refractivity contribution in [1.82, 2.24) is 14.8 Å². The highest BCUT2D eigenvalue weighted by atomic mass is 16.5. The van der Waals surface area contributed by atoms with Crippen LogP contribution in [0.15, 0.2) is 24.3 Å². The van der Waals surface area contributed by atoms with Crippen LogP contribution in [0.1, 0.15) is 16.4 Å². The lowest BCUT2D eigenvalue weighted by molar-refractivity contribution is 0.0683. The molecule has 0 radical (unpaired) electrons. The number of aromatic carboxylic acids is 1. The van der Waals surface area contributed by atoms with Gasteiger partial charge in [-0.25, -0.2) is 14.5 Å². The predicted octanol–water partition coefficient (Wildman–Crippen LogP) is 1.28. The van der Waals surface area contributed by atoms with Crippen LogP contribution in [0.4, 0.5) is 0 Å². The van der Waals surface area contributed by atoms with Crippen molar-refractivity contribution >= 4 is 5.97 Å². The Labute approximate surface area is 97.5 Å². The molecule has 0 aliphatic heterocycles. The molecule has 1 aromatic carbocycles. The van der Waals surface area contributed by atoms with Crippen LogP contribution < -0.4 is 4.74 Å². The van der Waals surface area contributed by atoms with E-state index < -0.39 is 5.97 Å². The summed E-state index contributed by atoms with van der Waals surface area (Å²) in [6, 6.07) is 7.12. The molecule has 2 rings (SSSR count). The zero-order valence-corrected chi connectivity index (χ0v) is 9.41. The summed E-state index contributed by atoms with van der Waals surface area (Å²) >= 11 is 0. The van der Waals surface area contributed by atoms with E-state index in [2.05, 4.69) is 10.1 Å². The van der Waals surface area contributed by atoms with Gasteiger partial charge in [0.25, 0.3) is 5.82 Å². The molecule has 6 nitrogen and oxygen atoms in total. The van der Waals surface area contributed by atoms with Gasteiger partial charge in [0.05, 0.1) is 12.8 Å². The van der Waals surface area contributed by atoms with Crippen molar-refractivity contribution in [1.29, 1.82) is 0 Å². The minimum absolute atomic E-state index is 0.210. The van der Waals surface area contributed by atoms with Crippen molar-refractivity contribution in [2.24, 2.45) is 0 Å². The molecule has 0 amide bonds. The van der Waals surface area contributed by atoms with E-state index in [1.165, 1.54) is 4.68 Å². The summed E-state index contributed by atoms with van der Waals surface area (Å²) in [6.07, 6.45) is 0. The second-order valence-electron chi connectivity index (χ2n) is 3.40. The number of methoxy groups -OCH3 is 1. The molecule has 0 atom stereocenters. The van der Waals surface area contributed by atoms with Gasteiger partial charge in [0, 0.05) is 0 Å². The first kappa shape index (κ1) is 11.1. The molecule has 0 fully saturated rings. The third kappa shape index (κ3) is 2.10. The molecule has 0 aliphatic carbocycles. The molecule has 0 aliphatic rings. The van der Waals surface area contributed by atoms with Gasteiger partial charge in [-0.3, -0.25) is 0 Å². The van der Waals surface area contributed by atoms with E-state index in [-0.39, 0.29) is 5.82 Å². The Morgan fingerprint density at radius 2 is 2.00 bits per heavy atom. The number of hydrogen-bond acceptors (Lipinski definition) is 4. The standard InChI is InChI=1S/C11H11N3O3/c1-7-12-10(11(15)16)13-14(7)8-3-5-9(17-2)6-4-8/h3-6H,1-2H3,(H,15,16). The van der Waals surface area contributed by atoms with Crippen LogP contribution in [0.3, 0.4) is 0 Å². The second-order valence-corrected chi connectivity index (χ2v) is 3.40. The number of hydrogen-bond donors (Lipinski definition) is 1. The average Bonchev–Trinajstić information content (AvgIpc) is 2.72. The summed E-state index contributed by atoms with van der Waals surface area (Å²) in [5.74, 6) is -0.101. The second kappa shape index (κ2) is 4.25. The number of benzene rings is 1. The molecule has 0 unspecified atom stereocenters. The van der Waals surface area contributed by atoms with Gasteiger partial charge in [-0.05, 0) is 31.2 Å². The van der Waals surface area contributed by atoms with Crippen molar-refractivity contribution in [2.45, 2.75) is 6.92 Å². The van der Waals surface area contributed by atoms with Gasteiger partial charge in [0.1, 0.15) is 11.6 Å². The Kier molecular flexibility index (Phi) is 2.78. The quantitative estimate of drug-likeness (QED) is 0.864.